The molecular weight excluding hydrogens is 426 g/mol. The fraction of sp³-hybridized carbons (Fsp3) is 0.296. The van der Waals surface area contributed by atoms with Crippen molar-refractivity contribution in [1.82, 2.24) is 25.0 Å². The third-order valence-corrected chi connectivity index (χ3v) is 6.59. The average molecular weight is 456 g/mol. The number of hydrogen-bond acceptors (Lipinski definition) is 5. The minimum absolute atomic E-state index is 0.0448. The number of nitrogens with one attached hydrogen (secondary N) is 1. The lowest BCUT2D eigenvalue weighted by atomic mass is 9.86. The van der Waals surface area contributed by atoms with E-state index in [-0.39, 0.29) is 11.9 Å². The number of aromatic nitrogens is 3. The molecule has 1 atom stereocenters. The van der Waals surface area contributed by atoms with Crippen LogP contribution in [0.5, 0.6) is 5.75 Å². The average Bonchev–Trinajstić information content (AvgIpc) is 3.33. The summed E-state index contributed by atoms with van der Waals surface area (Å²) in [4.78, 5) is 22.3. The molecule has 0 bridgehead atoms. The maximum Gasteiger partial charge on any atom is 0.254 e. The Kier molecular flexibility index (Phi) is 6.02. The molecule has 34 heavy (non-hydrogen) atoms. The number of carbonyl (C=O) groups excluding carboxylic acids is 1. The Bertz CT molecular complexity index is 1300. The van der Waals surface area contributed by atoms with E-state index in [2.05, 4.69) is 27.1 Å². The summed E-state index contributed by atoms with van der Waals surface area (Å²) in [5.74, 6) is 0.978. The lowest BCUT2D eigenvalue weighted by Gasteiger charge is -2.44. The topological polar surface area (TPSA) is 74.3 Å². The van der Waals surface area contributed by atoms with Gasteiger partial charge in [0.05, 0.1) is 24.4 Å². The number of amides is 1. The van der Waals surface area contributed by atoms with Crippen molar-refractivity contribution >= 4 is 16.8 Å². The van der Waals surface area contributed by atoms with E-state index < -0.39 is 0 Å². The molecule has 1 fully saturated rings. The molecule has 1 N–H and O–H groups in total. The zero-order valence-electron chi connectivity index (χ0n) is 19.7. The molecule has 1 saturated heterocycles. The van der Waals surface area contributed by atoms with E-state index in [1.54, 1.807) is 12.4 Å². The Morgan fingerprint density at radius 3 is 2.71 bits per heavy atom. The van der Waals surface area contributed by atoms with Crippen molar-refractivity contribution in [2.24, 2.45) is 5.92 Å². The molecule has 3 heterocycles. The third-order valence-electron chi connectivity index (χ3n) is 6.59. The first-order valence-electron chi connectivity index (χ1n) is 11.6. The Morgan fingerprint density at radius 2 is 1.97 bits per heavy atom. The molecule has 0 saturated carbocycles. The van der Waals surface area contributed by atoms with E-state index >= 15 is 0 Å². The predicted molar refractivity (Wildman–Crippen MR) is 133 cm³/mol. The number of likely N-dealkylation sites (tertiary alicyclic amines) is 1. The summed E-state index contributed by atoms with van der Waals surface area (Å²) in [6, 6.07) is 15.7. The minimum Gasteiger partial charge on any atom is -0.493 e. The molecule has 7 heteroatoms. The van der Waals surface area contributed by atoms with Gasteiger partial charge in [-0.05, 0) is 37.7 Å². The molecule has 0 aliphatic carbocycles. The fourth-order valence-corrected chi connectivity index (χ4v) is 4.95. The number of fused-ring (bicyclic) bond motifs is 1. The molecule has 1 aliphatic rings. The Balaban J connectivity index is 1.51. The number of aromatic amines is 1. The number of hydrogen-bond donors (Lipinski definition) is 1. The van der Waals surface area contributed by atoms with Crippen molar-refractivity contribution in [3.05, 3.63) is 78.2 Å². The van der Waals surface area contributed by atoms with E-state index in [9.17, 15) is 4.79 Å². The smallest absolute Gasteiger partial charge is 0.254 e. The largest absolute Gasteiger partial charge is 0.493 e. The summed E-state index contributed by atoms with van der Waals surface area (Å²) in [6.45, 7) is 4.32. The molecular formula is C27H29N5O2. The van der Waals surface area contributed by atoms with Crippen LogP contribution >= 0.6 is 0 Å². The molecule has 0 radical (unpaired) electrons. The molecule has 1 aliphatic heterocycles. The van der Waals surface area contributed by atoms with Crippen molar-refractivity contribution in [3.63, 3.8) is 0 Å². The van der Waals surface area contributed by atoms with Gasteiger partial charge in [0, 0.05) is 60.5 Å². The van der Waals surface area contributed by atoms with Crippen molar-refractivity contribution in [2.45, 2.75) is 13.0 Å². The van der Waals surface area contributed by atoms with Gasteiger partial charge in [-0.3, -0.25) is 14.9 Å². The highest BCUT2D eigenvalue weighted by Crippen LogP contribution is 2.38. The molecule has 0 unspecified atom stereocenters. The first kappa shape index (κ1) is 22.1. The SMILES string of the molecule is CCOc1cc(C(=O)N(C)[C@H](c2cncc3cn[nH]c23)C2CN(C)C2)ccc1-c1ccccc1. The minimum atomic E-state index is -0.121. The quantitative estimate of drug-likeness (QED) is 0.447. The van der Waals surface area contributed by atoms with Gasteiger partial charge in [-0.25, -0.2) is 0 Å². The van der Waals surface area contributed by atoms with Crippen LogP contribution in [-0.4, -0.2) is 64.7 Å². The van der Waals surface area contributed by atoms with Gasteiger partial charge in [-0.2, -0.15) is 5.10 Å². The van der Waals surface area contributed by atoms with Gasteiger partial charge >= 0.3 is 0 Å². The van der Waals surface area contributed by atoms with Crippen LogP contribution in [0.3, 0.4) is 0 Å². The maximum absolute atomic E-state index is 13.8. The highest BCUT2D eigenvalue weighted by atomic mass is 16.5. The third kappa shape index (κ3) is 4.03. The van der Waals surface area contributed by atoms with Crippen LogP contribution in [0, 0.1) is 5.92 Å². The lowest BCUT2D eigenvalue weighted by molar-refractivity contribution is 0.0373. The summed E-state index contributed by atoms with van der Waals surface area (Å²) in [7, 11) is 3.98. The highest BCUT2D eigenvalue weighted by Gasteiger charge is 2.38. The van der Waals surface area contributed by atoms with Crippen molar-refractivity contribution in [3.8, 4) is 16.9 Å². The monoisotopic (exact) mass is 455 g/mol. The molecule has 7 nitrogen and oxygen atoms in total. The van der Waals surface area contributed by atoms with Gasteiger partial charge in [0.2, 0.25) is 0 Å². The number of pyridine rings is 1. The Hall–Kier alpha value is -3.71. The Morgan fingerprint density at radius 1 is 1.18 bits per heavy atom. The van der Waals surface area contributed by atoms with Crippen LogP contribution in [0.2, 0.25) is 0 Å². The van der Waals surface area contributed by atoms with E-state index in [1.807, 2.05) is 73.6 Å². The van der Waals surface area contributed by atoms with Crippen LogP contribution in [-0.2, 0) is 0 Å². The van der Waals surface area contributed by atoms with Crippen molar-refractivity contribution in [1.29, 1.82) is 0 Å². The first-order valence-corrected chi connectivity index (χ1v) is 11.6. The van der Waals surface area contributed by atoms with Crippen LogP contribution in [0.1, 0.15) is 28.9 Å². The molecule has 4 aromatic rings. The van der Waals surface area contributed by atoms with Crippen molar-refractivity contribution < 1.29 is 9.53 Å². The normalized spacial score (nSPS) is 15.1. The van der Waals surface area contributed by atoms with Gasteiger partial charge in [0.15, 0.2) is 0 Å². The molecule has 174 valence electrons. The van der Waals surface area contributed by atoms with E-state index in [4.69, 9.17) is 4.74 Å². The highest BCUT2D eigenvalue weighted by molar-refractivity contribution is 5.96. The standard InChI is InChI=1S/C27H29N5O2/c1-4-34-24-12-19(10-11-22(24)18-8-6-5-7-9-18)27(33)32(3)26(21-16-31(2)17-21)23-15-28-13-20-14-29-30-25(20)23/h5-15,21,26H,4,16-17H2,1-3H3,(H,29,30)/t26-/m0/s1. The number of benzene rings is 2. The molecule has 5 rings (SSSR count). The summed E-state index contributed by atoms with van der Waals surface area (Å²) < 4.78 is 5.95. The van der Waals surface area contributed by atoms with Gasteiger partial charge in [-0.15, -0.1) is 0 Å². The maximum atomic E-state index is 13.8. The number of H-pyrrole nitrogens is 1. The van der Waals surface area contributed by atoms with Crippen molar-refractivity contribution in [2.75, 3.05) is 33.8 Å². The summed E-state index contributed by atoms with van der Waals surface area (Å²) >= 11 is 0. The molecule has 1 amide bonds. The zero-order chi connectivity index (χ0) is 23.7. The first-order chi connectivity index (χ1) is 16.6. The second-order valence-corrected chi connectivity index (χ2v) is 8.92. The number of ether oxygens (including phenoxy) is 1. The number of rotatable bonds is 7. The summed E-state index contributed by atoms with van der Waals surface area (Å²) in [5, 5.41) is 8.25. The number of nitrogens with zero attached hydrogens (tertiary/aromatic N) is 4. The predicted octanol–water partition coefficient (Wildman–Crippen LogP) is 4.40. The number of carbonyl (C=O) groups is 1. The Labute approximate surface area is 199 Å². The molecule has 0 spiro atoms. The summed E-state index contributed by atoms with van der Waals surface area (Å²) in [6.07, 6.45) is 5.43. The fourth-order valence-electron chi connectivity index (χ4n) is 4.95. The summed E-state index contributed by atoms with van der Waals surface area (Å²) in [5.41, 5.74) is 4.57. The lowest BCUT2D eigenvalue weighted by Crippen LogP contribution is -2.51. The molecule has 2 aromatic carbocycles. The second kappa shape index (κ2) is 9.27. The van der Waals surface area contributed by atoms with E-state index in [0.717, 1.165) is 40.7 Å². The van der Waals surface area contributed by atoms with E-state index in [1.165, 1.54) is 0 Å². The van der Waals surface area contributed by atoms with Gasteiger partial charge in [0.25, 0.3) is 5.91 Å². The second-order valence-electron chi connectivity index (χ2n) is 8.92. The van der Waals surface area contributed by atoms with Crippen LogP contribution in [0.25, 0.3) is 22.0 Å². The van der Waals surface area contributed by atoms with Crippen LogP contribution in [0.15, 0.2) is 67.1 Å². The zero-order valence-corrected chi connectivity index (χ0v) is 19.7. The van der Waals surface area contributed by atoms with Gasteiger partial charge < -0.3 is 14.5 Å². The van der Waals surface area contributed by atoms with Crippen LogP contribution < -0.4 is 4.74 Å². The molecule has 2 aromatic heterocycles. The van der Waals surface area contributed by atoms with E-state index in [0.29, 0.717) is 23.8 Å². The van der Waals surface area contributed by atoms with Gasteiger partial charge in [-0.1, -0.05) is 30.3 Å². The van der Waals surface area contributed by atoms with Gasteiger partial charge in [0.1, 0.15) is 5.75 Å². The van der Waals surface area contributed by atoms with Crippen LogP contribution in [0.4, 0.5) is 0 Å².